The maximum atomic E-state index is 10.2. The van der Waals surface area contributed by atoms with Gasteiger partial charge in [-0.05, 0) is 0 Å². The summed E-state index contributed by atoms with van der Waals surface area (Å²) in [7, 11) is 0. The van der Waals surface area contributed by atoms with Crippen LogP contribution in [-0.4, -0.2) is 27.2 Å². The van der Waals surface area contributed by atoms with Gasteiger partial charge in [-0.3, -0.25) is 0 Å². The van der Waals surface area contributed by atoms with E-state index in [1.54, 1.807) is 0 Å². The molecule has 1 saturated heterocycles. The van der Waals surface area contributed by atoms with Crippen molar-refractivity contribution in [3.05, 3.63) is 0 Å². The lowest BCUT2D eigenvalue weighted by Crippen LogP contribution is -2.33. The van der Waals surface area contributed by atoms with Crippen molar-refractivity contribution in [3.63, 3.8) is 0 Å². The van der Waals surface area contributed by atoms with Crippen LogP contribution in [0.5, 0.6) is 0 Å². The van der Waals surface area contributed by atoms with Crippen LogP contribution >= 0.6 is 24.0 Å². The van der Waals surface area contributed by atoms with Gasteiger partial charge in [-0.2, -0.15) is 0 Å². The molecule has 0 bridgehead atoms. The second-order valence-corrected chi connectivity index (χ2v) is 3.33. The third kappa shape index (κ3) is 1.56. The third-order valence-electron chi connectivity index (χ3n) is 0.971. The van der Waals surface area contributed by atoms with Crippen molar-refractivity contribution in [2.75, 3.05) is 5.75 Å². The zero-order chi connectivity index (χ0) is 6.85. The lowest BCUT2D eigenvalue weighted by molar-refractivity contribution is -0.138. The molecule has 1 aliphatic rings. The molecule has 0 spiro atoms. The number of carboxylic acid groups (broad SMARTS) is 1. The van der Waals surface area contributed by atoms with Crippen molar-refractivity contribution in [3.8, 4) is 0 Å². The number of carboxylic acids is 1. The van der Waals surface area contributed by atoms with Gasteiger partial charge in [0, 0.05) is 5.75 Å². The molecule has 50 valence electrons. The first-order valence-electron chi connectivity index (χ1n) is 2.36. The Labute approximate surface area is 61.8 Å². The molecule has 0 aromatic carbocycles. The van der Waals surface area contributed by atoms with Gasteiger partial charge in [0.05, 0.1) is 0 Å². The van der Waals surface area contributed by atoms with Crippen LogP contribution in [0, 0.1) is 0 Å². The van der Waals surface area contributed by atoms with Crippen molar-refractivity contribution in [2.24, 2.45) is 0 Å². The minimum Gasteiger partial charge on any atom is -0.480 e. The van der Waals surface area contributed by atoms with E-state index >= 15 is 0 Å². The Kier molecular flexibility index (Phi) is 1.92. The number of thiocarbonyl (C=S) groups is 1. The van der Waals surface area contributed by atoms with Gasteiger partial charge in [0.1, 0.15) is 10.4 Å². The minimum absolute atomic E-state index is 0.470. The first-order chi connectivity index (χ1) is 4.20. The van der Waals surface area contributed by atoms with Crippen LogP contribution in [0.3, 0.4) is 0 Å². The number of thioether (sulfide) groups is 1. The van der Waals surface area contributed by atoms with E-state index in [1.807, 2.05) is 0 Å². The van der Waals surface area contributed by atoms with Crippen LogP contribution < -0.4 is 5.32 Å². The van der Waals surface area contributed by atoms with E-state index in [-0.39, 0.29) is 0 Å². The quantitative estimate of drug-likeness (QED) is 0.535. The van der Waals surface area contributed by atoms with Gasteiger partial charge >= 0.3 is 5.97 Å². The Balaban J connectivity index is 2.48. The van der Waals surface area contributed by atoms with Crippen molar-refractivity contribution < 1.29 is 9.90 Å². The van der Waals surface area contributed by atoms with Gasteiger partial charge in [0.2, 0.25) is 0 Å². The Hall–Kier alpha value is -0.290. The third-order valence-corrected chi connectivity index (χ3v) is 2.32. The number of carbonyl (C=O) groups is 1. The monoisotopic (exact) mass is 163 g/mol. The minimum atomic E-state index is -0.831. The first-order valence-corrected chi connectivity index (χ1v) is 3.75. The van der Waals surface area contributed by atoms with Crippen LogP contribution in [0.2, 0.25) is 0 Å². The summed E-state index contributed by atoms with van der Waals surface area (Å²) >= 11 is 6.08. The topological polar surface area (TPSA) is 49.3 Å². The zero-order valence-electron chi connectivity index (χ0n) is 4.46. The SMILES string of the molecule is O=C(O)C1CSC(=S)N1. The summed E-state index contributed by atoms with van der Waals surface area (Å²) < 4.78 is 0.586. The van der Waals surface area contributed by atoms with Gasteiger partial charge in [0.25, 0.3) is 0 Å². The van der Waals surface area contributed by atoms with Gasteiger partial charge in [-0.1, -0.05) is 24.0 Å². The summed E-state index contributed by atoms with van der Waals surface area (Å²) in [4.78, 5) is 10.2. The summed E-state index contributed by atoms with van der Waals surface area (Å²) in [6, 6.07) is -0.470. The molecule has 0 radical (unpaired) electrons. The van der Waals surface area contributed by atoms with Crippen LogP contribution in [-0.2, 0) is 4.79 Å². The molecule has 9 heavy (non-hydrogen) atoms. The van der Waals surface area contributed by atoms with Crippen molar-refractivity contribution in [1.29, 1.82) is 0 Å². The number of aliphatic carboxylic acids is 1. The Morgan fingerprint density at radius 3 is 2.89 bits per heavy atom. The Morgan fingerprint density at radius 1 is 2.00 bits per heavy atom. The lowest BCUT2D eigenvalue weighted by atomic mass is 10.4. The van der Waals surface area contributed by atoms with E-state index in [1.165, 1.54) is 11.8 Å². The molecule has 0 aliphatic carbocycles. The first kappa shape index (κ1) is 6.82. The van der Waals surface area contributed by atoms with Crippen molar-refractivity contribution in [2.45, 2.75) is 6.04 Å². The summed E-state index contributed by atoms with van der Waals surface area (Å²) in [5, 5.41) is 11.0. The highest BCUT2D eigenvalue weighted by Crippen LogP contribution is 2.12. The van der Waals surface area contributed by atoms with E-state index in [0.717, 1.165) is 0 Å². The average molecular weight is 163 g/mol. The van der Waals surface area contributed by atoms with E-state index in [4.69, 9.17) is 17.3 Å². The Morgan fingerprint density at radius 2 is 2.67 bits per heavy atom. The van der Waals surface area contributed by atoms with E-state index < -0.39 is 12.0 Å². The highest BCUT2D eigenvalue weighted by atomic mass is 32.2. The van der Waals surface area contributed by atoms with E-state index in [9.17, 15) is 4.79 Å². The maximum absolute atomic E-state index is 10.2. The molecule has 1 atom stereocenters. The smallest absolute Gasteiger partial charge is 0.327 e. The molecule has 0 saturated carbocycles. The van der Waals surface area contributed by atoms with E-state index in [0.29, 0.717) is 10.1 Å². The largest absolute Gasteiger partial charge is 0.480 e. The molecular formula is C4H5NO2S2. The number of nitrogens with one attached hydrogen (secondary N) is 1. The molecule has 0 amide bonds. The number of rotatable bonds is 1. The molecule has 5 heteroatoms. The van der Waals surface area contributed by atoms with Gasteiger partial charge < -0.3 is 10.4 Å². The van der Waals surface area contributed by atoms with Gasteiger partial charge in [-0.25, -0.2) is 4.79 Å². The molecular weight excluding hydrogens is 158 g/mol. The summed E-state index contributed by atoms with van der Waals surface area (Å²) in [5.41, 5.74) is 0. The average Bonchev–Trinajstić information content (AvgIpc) is 2.14. The number of hydrogen-bond donors (Lipinski definition) is 2. The molecule has 1 aliphatic heterocycles. The van der Waals surface area contributed by atoms with Crippen LogP contribution in [0.25, 0.3) is 0 Å². The molecule has 1 unspecified atom stereocenters. The maximum Gasteiger partial charge on any atom is 0.327 e. The van der Waals surface area contributed by atoms with Crippen LogP contribution in [0.4, 0.5) is 0 Å². The van der Waals surface area contributed by atoms with Crippen LogP contribution in [0.15, 0.2) is 0 Å². The molecule has 0 aromatic rings. The standard InChI is InChI=1S/C4H5NO2S2/c6-3(7)2-1-9-4(8)5-2/h2H,1H2,(H,5,8)(H,6,7). The fourth-order valence-electron chi connectivity index (χ4n) is 0.518. The summed E-state index contributed by atoms with van der Waals surface area (Å²) in [6.07, 6.45) is 0. The van der Waals surface area contributed by atoms with Crippen molar-refractivity contribution >= 4 is 34.3 Å². The zero-order valence-corrected chi connectivity index (χ0v) is 6.09. The fourth-order valence-corrected chi connectivity index (χ4v) is 1.63. The Bertz CT molecular complexity index is 159. The number of hydrogen-bond acceptors (Lipinski definition) is 3. The molecule has 3 nitrogen and oxygen atoms in total. The molecule has 1 fully saturated rings. The van der Waals surface area contributed by atoms with E-state index in [2.05, 4.69) is 5.32 Å². The fraction of sp³-hybridized carbons (Fsp3) is 0.500. The molecule has 0 aromatic heterocycles. The lowest BCUT2D eigenvalue weighted by Gasteiger charge is -1.99. The summed E-state index contributed by atoms with van der Waals surface area (Å²) in [6.45, 7) is 0. The van der Waals surface area contributed by atoms with Crippen molar-refractivity contribution in [1.82, 2.24) is 5.32 Å². The van der Waals surface area contributed by atoms with Crippen LogP contribution in [0.1, 0.15) is 0 Å². The summed E-state index contributed by atoms with van der Waals surface area (Å²) in [5.74, 6) is -0.281. The molecule has 1 rings (SSSR count). The second-order valence-electron chi connectivity index (χ2n) is 1.63. The van der Waals surface area contributed by atoms with Gasteiger partial charge in [-0.15, -0.1) is 0 Å². The molecule has 2 N–H and O–H groups in total. The highest BCUT2D eigenvalue weighted by molar-refractivity contribution is 8.23. The normalized spacial score (nSPS) is 25.8. The van der Waals surface area contributed by atoms with Gasteiger partial charge in [0.15, 0.2) is 0 Å². The predicted octanol–water partition coefficient (Wildman–Crippen LogP) is 0.0609. The predicted molar refractivity (Wildman–Crippen MR) is 39.6 cm³/mol. The molecule has 1 heterocycles. The second kappa shape index (κ2) is 2.53. The highest BCUT2D eigenvalue weighted by Gasteiger charge is 2.24.